The summed E-state index contributed by atoms with van der Waals surface area (Å²) >= 11 is 0. The molecule has 2 fully saturated rings. The molecule has 3 aliphatic heterocycles. The van der Waals surface area contributed by atoms with Gasteiger partial charge in [0.05, 0.1) is 25.3 Å². The quantitative estimate of drug-likeness (QED) is 0.358. The van der Waals surface area contributed by atoms with Gasteiger partial charge in [0, 0.05) is 39.0 Å². The van der Waals surface area contributed by atoms with Gasteiger partial charge in [-0.25, -0.2) is 23.5 Å². The van der Waals surface area contributed by atoms with Crippen LogP contribution in [0.1, 0.15) is 30.9 Å². The number of piperidine rings is 1. The Kier molecular flexibility index (Phi) is 7.90. The number of likely N-dealkylation sites (tertiary alicyclic amines) is 1. The van der Waals surface area contributed by atoms with Crippen LogP contribution in [0.5, 0.6) is 5.88 Å². The smallest absolute Gasteiger partial charge is 0.416 e. The van der Waals surface area contributed by atoms with Crippen LogP contribution in [0.4, 0.5) is 25.2 Å². The Bertz CT molecular complexity index is 1710. The zero-order chi connectivity index (χ0) is 33.0. The molecule has 1 aliphatic carbocycles. The Morgan fingerprint density at radius 1 is 1.15 bits per heavy atom. The molecule has 250 valence electrons. The maximum Gasteiger partial charge on any atom is 0.416 e. The summed E-state index contributed by atoms with van der Waals surface area (Å²) in [6.07, 6.45) is 2.85. The number of rotatable bonds is 8. The summed E-state index contributed by atoms with van der Waals surface area (Å²) in [4.78, 5) is 51.9. The van der Waals surface area contributed by atoms with Gasteiger partial charge in [-0.2, -0.15) is 15.0 Å². The number of aromatic nitrogens is 5. The minimum atomic E-state index is -0.690. The van der Waals surface area contributed by atoms with Crippen LogP contribution >= 0.6 is 0 Å². The van der Waals surface area contributed by atoms with Crippen molar-refractivity contribution in [1.29, 1.82) is 0 Å². The molecule has 1 spiro atoms. The van der Waals surface area contributed by atoms with E-state index in [1.165, 1.54) is 15.9 Å². The van der Waals surface area contributed by atoms with Crippen LogP contribution in [0.3, 0.4) is 0 Å². The first-order valence-corrected chi connectivity index (χ1v) is 15.7. The fourth-order valence-electron chi connectivity index (χ4n) is 6.72. The summed E-state index contributed by atoms with van der Waals surface area (Å²) < 4.78 is 42.4. The fourth-order valence-corrected chi connectivity index (χ4v) is 6.72. The van der Waals surface area contributed by atoms with Crippen LogP contribution in [0, 0.1) is 17.6 Å². The molecule has 2 N–H and O–H groups in total. The number of likely N-dealkylation sites (N-methyl/N-ethyl adjacent to an activating group) is 1. The summed E-state index contributed by atoms with van der Waals surface area (Å²) in [7, 11) is 3.61. The molecule has 1 aromatic carbocycles. The number of benzene rings is 1. The second-order valence-corrected chi connectivity index (χ2v) is 12.9. The molecule has 1 atom stereocenters. The van der Waals surface area contributed by atoms with Gasteiger partial charge in [-0.05, 0) is 50.9 Å². The topological polar surface area (TPSA) is 160 Å². The van der Waals surface area contributed by atoms with Gasteiger partial charge in [0.15, 0.2) is 40.9 Å². The normalized spacial score (nSPS) is 19.9. The number of halogens is 2. The minimum Gasteiger partial charge on any atom is -0.465 e. The molecule has 7 rings (SSSR count). The number of nitrogens with zero attached hydrogens (tertiary/aromatic N) is 8. The van der Waals surface area contributed by atoms with E-state index in [1.54, 1.807) is 25.9 Å². The van der Waals surface area contributed by atoms with Crippen LogP contribution in [0.15, 0.2) is 6.20 Å². The molecule has 5 heterocycles. The zero-order valence-electron chi connectivity index (χ0n) is 26.4. The molecule has 47 heavy (non-hydrogen) atoms. The highest BCUT2D eigenvalue weighted by atomic mass is 19.1. The highest BCUT2D eigenvalue weighted by molar-refractivity contribution is 5.95. The molecule has 2 saturated heterocycles. The number of amides is 3. The van der Waals surface area contributed by atoms with E-state index in [0.717, 1.165) is 0 Å². The third-order valence-electron chi connectivity index (χ3n) is 9.57. The van der Waals surface area contributed by atoms with E-state index in [4.69, 9.17) is 9.47 Å². The molecule has 4 aliphatic rings. The molecule has 0 unspecified atom stereocenters. The minimum absolute atomic E-state index is 0.0152. The van der Waals surface area contributed by atoms with Crippen molar-refractivity contribution in [2.24, 2.45) is 5.92 Å². The Hall–Kier alpha value is -4.51. The molecule has 3 amide bonds. The van der Waals surface area contributed by atoms with Crippen LogP contribution in [-0.2, 0) is 33.7 Å². The average molecular weight is 655 g/mol. The number of carbonyl (C=O) groups excluding carboxylic acids is 3. The highest BCUT2D eigenvalue weighted by Crippen LogP contribution is 2.39. The first-order valence-electron chi connectivity index (χ1n) is 15.7. The van der Waals surface area contributed by atoms with Gasteiger partial charge in [-0.3, -0.25) is 19.4 Å². The Balaban J connectivity index is 0.948. The summed E-state index contributed by atoms with van der Waals surface area (Å²) in [5, 5.41) is 13.8. The van der Waals surface area contributed by atoms with E-state index in [0.29, 0.717) is 63.0 Å². The number of carbonyl (C=O) groups is 3. The lowest BCUT2D eigenvalue weighted by atomic mass is 9.90. The van der Waals surface area contributed by atoms with E-state index in [2.05, 4.69) is 35.7 Å². The van der Waals surface area contributed by atoms with Gasteiger partial charge < -0.3 is 25.0 Å². The SMILES string of the molecule is C[C@H](C(=O)NCCn1nc2c(F)c3c(c(F)c2n1)CC(CN1CCC2(CC1)CN(c1cnc4c(n1)NC(=O)CO4)C(=O)O2)C3)N(C)C. The molecule has 0 bridgehead atoms. The number of fused-ring (bicyclic) bond motifs is 3. The summed E-state index contributed by atoms with van der Waals surface area (Å²) in [5.74, 6) is -0.947. The van der Waals surface area contributed by atoms with Crippen molar-refractivity contribution >= 4 is 40.6 Å². The average Bonchev–Trinajstić information content (AvgIpc) is 3.76. The molecule has 0 radical (unpaired) electrons. The maximum atomic E-state index is 15.6. The van der Waals surface area contributed by atoms with Crippen molar-refractivity contribution in [3.63, 3.8) is 0 Å². The number of hydrogen-bond acceptors (Lipinski definition) is 11. The molecular weight excluding hydrogens is 618 g/mol. The first kappa shape index (κ1) is 31.1. The number of ether oxygens (including phenoxy) is 2. The van der Waals surface area contributed by atoms with Crippen molar-refractivity contribution in [2.45, 2.75) is 50.8 Å². The van der Waals surface area contributed by atoms with Crippen molar-refractivity contribution in [2.75, 3.05) is 63.6 Å². The van der Waals surface area contributed by atoms with Gasteiger partial charge >= 0.3 is 6.09 Å². The van der Waals surface area contributed by atoms with Crippen molar-refractivity contribution < 1.29 is 32.6 Å². The molecule has 2 aromatic heterocycles. The Morgan fingerprint density at radius 3 is 2.49 bits per heavy atom. The molecule has 0 saturated carbocycles. The lowest BCUT2D eigenvalue weighted by Gasteiger charge is -2.38. The number of nitrogens with one attached hydrogen (secondary N) is 2. The molecule has 17 heteroatoms. The monoisotopic (exact) mass is 654 g/mol. The maximum absolute atomic E-state index is 15.6. The molecule has 15 nitrogen and oxygen atoms in total. The van der Waals surface area contributed by atoms with E-state index < -0.39 is 23.3 Å². The second kappa shape index (κ2) is 11.9. The van der Waals surface area contributed by atoms with E-state index in [-0.39, 0.29) is 72.0 Å². The lowest BCUT2D eigenvalue weighted by Crippen LogP contribution is -2.48. The van der Waals surface area contributed by atoms with Gasteiger partial charge in [-0.1, -0.05) is 0 Å². The van der Waals surface area contributed by atoms with Crippen LogP contribution < -0.4 is 20.3 Å². The number of anilines is 2. The summed E-state index contributed by atoms with van der Waals surface area (Å²) in [5.41, 5.74) is -0.185. The third kappa shape index (κ3) is 5.81. The second-order valence-electron chi connectivity index (χ2n) is 12.9. The predicted molar refractivity (Wildman–Crippen MR) is 163 cm³/mol. The molecule has 3 aromatic rings. The Labute approximate surface area is 268 Å². The van der Waals surface area contributed by atoms with Gasteiger partial charge in [0.1, 0.15) is 5.60 Å². The van der Waals surface area contributed by atoms with Crippen LogP contribution in [0.2, 0.25) is 0 Å². The van der Waals surface area contributed by atoms with Crippen LogP contribution in [0.25, 0.3) is 11.0 Å². The lowest BCUT2D eigenvalue weighted by molar-refractivity contribution is -0.125. The van der Waals surface area contributed by atoms with E-state index in [1.807, 2.05) is 0 Å². The van der Waals surface area contributed by atoms with Gasteiger partial charge in [0.2, 0.25) is 5.91 Å². The standard InChI is InChI=1S/C30H36F2N10O5/c1-16(39(2)3)27(44)33-6-9-42-37-24-22(31)18-10-17(11-19(18)23(32)25(24)38-42)13-40-7-4-30(5-8-40)15-41(29(45)47-30)20-12-34-28-26(35-20)36-21(43)14-46-28/h12,16-17H,4-11,13-15H2,1-3H3,(H,33,44)(H,35,36,43)/t16-/m1/s1. The molecular formula is C30H36F2N10O5. The highest BCUT2D eigenvalue weighted by Gasteiger charge is 2.48. The van der Waals surface area contributed by atoms with Gasteiger partial charge in [0.25, 0.3) is 11.8 Å². The fraction of sp³-hybridized carbons (Fsp3) is 0.567. The summed E-state index contributed by atoms with van der Waals surface area (Å²) in [6, 6.07) is -0.314. The van der Waals surface area contributed by atoms with Gasteiger partial charge in [-0.15, -0.1) is 0 Å². The van der Waals surface area contributed by atoms with E-state index >= 15 is 8.78 Å². The zero-order valence-corrected chi connectivity index (χ0v) is 26.4. The van der Waals surface area contributed by atoms with E-state index in [9.17, 15) is 14.4 Å². The Morgan fingerprint density at radius 2 is 1.83 bits per heavy atom. The predicted octanol–water partition coefficient (Wildman–Crippen LogP) is 1.10. The van der Waals surface area contributed by atoms with Crippen molar-refractivity contribution in [3.8, 4) is 5.88 Å². The first-order chi connectivity index (χ1) is 22.5. The largest absolute Gasteiger partial charge is 0.465 e. The number of hydrogen-bond donors (Lipinski definition) is 2. The summed E-state index contributed by atoms with van der Waals surface area (Å²) in [6.45, 7) is 4.30. The van der Waals surface area contributed by atoms with Crippen molar-refractivity contribution in [3.05, 3.63) is 29.0 Å². The van der Waals surface area contributed by atoms with Crippen molar-refractivity contribution in [1.82, 2.24) is 40.1 Å². The third-order valence-corrected chi connectivity index (χ3v) is 9.57. The van der Waals surface area contributed by atoms with Crippen LogP contribution in [-0.4, -0.2) is 118 Å².